The largest absolute Gasteiger partial charge is 0.493 e. The number of nitro groups is 1. The number of ether oxygens (including phenoxy) is 2. The predicted octanol–water partition coefficient (Wildman–Crippen LogP) is 3.81. The van der Waals surface area contributed by atoms with E-state index in [1.807, 2.05) is 0 Å². The first kappa shape index (κ1) is 19.8. The van der Waals surface area contributed by atoms with Gasteiger partial charge in [-0.3, -0.25) is 14.9 Å². The number of benzene rings is 2. The molecular weight excluding hydrogens is 374 g/mol. The molecule has 0 bridgehead atoms. The molecule has 0 aliphatic carbocycles. The van der Waals surface area contributed by atoms with Gasteiger partial charge in [-0.15, -0.1) is 0 Å². The quantitative estimate of drug-likeness (QED) is 0.349. The van der Waals surface area contributed by atoms with E-state index < -0.39 is 10.8 Å². The molecule has 0 spiro atoms. The van der Waals surface area contributed by atoms with Gasteiger partial charge in [-0.25, -0.2) is 0 Å². The molecule has 1 amide bonds. The van der Waals surface area contributed by atoms with E-state index in [0.29, 0.717) is 10.7 Å². The summed E-state index contributed by atoms with van der Waals surface area (Å²) in [6.45, 7) is 0. The molecule has 9 heteroatoms. The van der Waals surface area contributed by atoms with Gasteiger partial charge in [0.05, 0.1) is 30.8 Å². The minimum Gasteiger partial charge on any atom is -0.493 e. The number of hydrogen-bond donors (Lipinski definition) is 1. The Morgan fingerprint density at radius 1 is 1.22 bits per heavy atom. The standard InChI is InChI=1S/C18H14ClN3O5/c1-26-16-8-11(15(22(24)25)9-17(16)27-2)7-12(10-20)18(23)21-14-5-3-13(19)4-6-14/h3-9H,1-2H3,(H,21,23)/b12-7-. The summed E-state index contributed by atoms with van der Waals surface area (Å²) in [6.07, 6.45) is 1.12. The van der Waals surface area contributed by atoms with Crippen LogP contribution in [-0.4, -0.2) is 25.1 Å². The van der Waals surface area contributed by atoms with Crippen LogP contribution in [0.15, 0.2) is 42.0 Å². The fourth-order valence-corrected chi connectivity index (χ4v) is 2.32. The van der Waals surface area contributed by atoms with Crippen LogP contribution < -0.4 is 14.8 Å². The van der Waals surface area contributed by atoms with E-state index in [9.17, 15) is 20.2 Å². The van der Waals surface area contributed by atoms with Crippen molar-refractivity contribution in [3.05, 3.63) is 62.7 Å². The van der Waals surface area contributed by atoms with Gasteiger partial charge in [-0.1, -0.05) is 11.6 Å². The molecule has 2 rings (SSSR count). The van der Waals surface area contributed by atoms with Crippen LogP contribution >= 0.6 is 11.6 Å². The number of anilines is 1. The Morgan fingerprint density at radius 3 is 2.33 bits per heavy atom. The highest BCUT2D eigenvalue weighted by molar-refractivity contribution is 6.30. The number of carbonyl (C=O) groups excluding carboxylic acids is 1. The molecule has 27 heavy (non-hydrogen) atoms. The van der Waals surface area contributed by atoms with Crippen LogP contribution in [0.25, 0.3) is 6.08 Å². The monoisotopic (exact) mass is 387 g/mol. The van der Waals surface area contributed by atoms with E-state index in [0.717, 1.165) is 12.1 Å². The lowest BCUT2D eigenvalue weighted by Crippen LogP contribution is -2.13. The summed E-state index contributed by atoms with van der Waals surface area (Å²) < 4.78 is 10.2. The van der Waals surface area contributed by atoms with E-state index >= 15 is 0 Å². The summed E-state index contributed by atoms with van der Waals surface area (Å²) >= 11 is 5.78. The summed E-state index contributed by atoms with van der Waals surface area (Å²) in [5.41, 5.74) is -0.201. The van der Waals surface area contributed by atoms with Crippen LogP contribution in [0.1, 0.15) is 5.56 Å². The highest BCUT2D eigenvalue weighted by atomic mass is 35.5. The normalized spacial score (nSPS) is 10.7. The number of hydrogen-bond acceptors (Lipinski definition) is 6. The van der Waals surface area contributed by atoms with Gasteiger partial charge in [0, 0.05) is 10.7 Å². The molecule has 0 saturated carbocycles. The van der Waals surface area contributed by atoms with Gasteiger partial charge in [-0.2, -0.15) is 5.26 Å². The number of amides is 1. The Hall–Kier alpha value is -3.57. The van der Waals surface area contributed by atoms with Crippen molar-refractivity contribution in [3.63, 3.8) is 0 Å². The van der Waals surface area contributed by atoms with Crippen LogP contribution in [0.3, 0.4) is 0 Å². The summed E-state index contributed by atoms with van der Waals surface area (Å²) in [5.74, 6) is -0.334. The fourth-order valence-electron chi connectivity index (χ4n) is 2.19. The number of nitrogens with zero attached hydrogens (tertiary/aromatic N) is 2. The number of methoxy groups -OCH3 is 2. The van der Waals surface area contributed by atoms with E-state index in [2.05, 4.69) is 5.32 Å². The average Bonchev–Trinajstić information content (AvgIpc) is 2.66. The molecule has 0 fully saturated rings. The Kier molecular flexibility index (Phi) is 6.36. The zero-order valence-corrected chi connectivity index (χ0v) is 15.1. The van der Waals surface area contributed by atoms with E-state index in [4.69, 9.17) is 21.1 Å². The molecule has 8 nitrogen and oxygen atoms in total. The van der Waals surface area contributed by atoms with Crippen LogP contribution in [0, 0.1) is 21.4 Å². The second-order valence-electron chi connectivity index (χ2n) is 5.15. The number of halogens is 1. The Morgan fingerprint density at radius 2 is 1.81 bits per heavy atom. The number of nitrogens with one attached hydrogen (secondary N) is 1. The molecule has 0 heterocycles. The lowest BCUT2D eigenvalue weighted by atomic mass is 10.1. The molecule has 0 atom stereocenters. The van der Waals surface area contributed by atoms with Gasteiger partial charge in [0.1, 0.15) is 11.6 Å². The Bertz CT molecular complexity index is 949. The van der Waals surface area contributed by atoms with Crippen molar-refractivity contribution in [1.82, 2.24) is 0 Å². The van der Waals surface area contributed by atoms with E-state index in [1.54, 1.807) is 30.3 Å². The third-order valence-electron chi connectivity index (χ3n) is 3.50. The Balaban J connectivity index is 2.43. The topological polar surface area (TPSA) is 114 Å². The van der Waals surface area contributed by atoms with Crippen LogP contribution in [0.2, 0.25) is 5.02 Å². The van der Waals surface area contributed by atoms with Crippen molar-refractivity contribution in [2.75, 3.05) is 19.5 Å². The first-order chi connectivity index (χ1) is 12.9. The molecule has 0 unspecified atom stereocenters. The van der Waals surface area contributed by atoms with Crippen molar-refractivity contribution in [3.8, 4) is 17.6 Å². The lowest BCUT2D eigenvalue weighted by Gasteiger charge is -2.09. The van der Waals surface area contributed by atoms with Crippen LogP contribution in [0.5, 0.6) is 11.5 Å². The van der Waals surface area contributed by atoms with Gasteiger partial charge in [0.25, 0.3) is 11.6 Å². The number of nitro benzene ring substituents is 1. The molecule has 0 saturated heterocycles. The van der Waals surface area contributed by atoms with E-state index in [1.165, 1.54) is 20.3 Å². The van der Waals surface area contributed by atoms with Gasteiger partial charge in [0.15, 0.2) is 11.5 Å². The zero-order valence-electron chi connectivity index (χ0n) is 14.4. The van der Waals surface area contributed by atoms with Crippen molar-refractivity contribution in [1.29, 1.82) is 5.26 Å². The highest BCUT2D eigenvalue weighted by Gasteiger charge is 2.20. The highest BCUT2D eigenvalue weighted by Crippen LogP contribution is 2.35. The summed E-state index contributed by atoms with van der Waals surface area (Å²) in [5, 5.41) is 23.7. The summed E-state index contributed by atoms with van der Waals surface area (Å²) in [4.78, 5) is 23.0. The first-order valence-electron chi connectivity index (χ1n) is 7.48. The van der Waals surface area contributed by atoms with Crippen molar-refractivity contribution >= 4 is 35.0 Å². The third-order valence-corrected chi connectivity index (χ3v) is 3.75. The van der Waals surface area contributed by atoms with Gasteiger partial charge >= 0.3 is 0 Å². The predicted molar refractivity (Wildman–Crippen MR) is 99.9 cm³/mol. The smallest absolute Gasteiger partial charge is 0.280 e. The third kappa shape index (κ3) is 4.74. The first-order valence-corrected chi connectivity index (χ1v) is 7.86. The van der Waals surface area contributed by atoms with E-state index in [-0.39, 0.29) is 28.3 Å². The molecule has 2 aromatic carbocycles. The fraction of sp³-hybridized carbons (Fsp3) is 0.111. The maximum Gasteiger partial charge on any atom is 0.280 e. The lowest BCUT2D eigenvalue weighted by molar-refractivity contribution is -0.385. The number of nitriles is 1. The molecule has 1 N–H and O–H groups in total. The SMILES string of the molecule is COc1cc(/C=C(/C#N)C(=O)Nc2ccc(Cl)cc2)c([N+](=O)[O-])cc1OC. The molecule has 138 valence electrons. The number of rotatable bonds is 6. The van der Waals surface area contributed by atoms with Gasteiger partial charge in [0.2, 0.25) is 0 Å². The van der Waals surface area contributed by atoms with Gasteiger partial charge < -0.3 is 14.8 Å². The molecular formula is C18H14ClN3O5. The molecule has 2 aromatic rings. The zero-order chi connectivity index (χ0) is 20.0. The molecule has 0 aromatic heterocycles. The molecule has 0 radical (unpaired) electrons. The Labute approximate surface area is 159 Å². The molecule has 0 aliphatic heterocycles. The minimum absolute atomic E-state index is 0.0282. The second kappa shape index (κ2) is 8.69. The van der Waals surface area contributed by atoms with Crippen molar-refractivity contribution in [2.45, 2.75) is 0 Å². The van der Waals surface area contributed by atoms with Crippen LogP contribution in [-0.2, 0) is 4.79 Å². The number of carbonyl (C=O) groups is 1. The second-order valence-corrected chi connectivity index (χ2v) is 5.59. The van der Waals surface area contributed by atoms with Crippen molar-refractivity contribution in [2.24, 2.45) is 0 Å². The maximum atomic E-state index is 12.3. The van der Waals surface area contributed by atoms with Gasteiger partial charge in [-0.05, 0) is 36.4 Å². The summed E-state index contributed by atoms with van der Waals surface area (Å²) in [6, 6.07) is 10.5. The summed E-state index contributed by atoms with van der Waals surface area (Å²) in [7, 11) is 2.72. The van der Waals surface area contributed by atoms with Crippen molar-refractivity contribution < 1.29 is 19.2 Å². The minimum atomic E-state index is -0.719. The molecule has 0 aliphatic rings. The van der Waals surface area contributed by atoms with Crippen LogP contribution in [0.4, 0.5) is 11.4 Å². The maximum absolute atomic E-state index is 12.3. The average molecular weight is 388 g/mol.